The lowest BCUT2D eigenvalue weighted by atomic mass is 10.1. The third-order valence-electron chi connectivity index (χ3n) is 2.95. The van der Waals surface area contributed by atoms with Crippen LogP contribution in [0.4, 0.5) is 10.1 Å². The van der Waals surface area contributed by atoms with E-state index >= 15 is 0 Å². The van der Waals surface area contributed by atoms with Gasteiger partial charge in [0.2, 0.25) is 0 Å². The summed E-state index contributed by atoms with van der Waals surface area (Å²) < 4.78 is 19.3. The number of nitrogens with one attached hydrogen (secondary N) is 1. The van der Waals surface area contributed by atoms with E-state index in [9.17, 15) is 4.39 Å². The number of hydrogen-bond donors (Lipinski definition) is 1. The van der Waals surface area contributed by atoms with Crippen LogP contribution >= 0.6 is 15.9 Å². The molecule has 0 saturated heterocycles. The third kappa shape index (κ3) is 4.23. The van der Waals surface area contributed by atoms with Crippen molar-refractivity contribution in [1.29, 1.82) is 0 Å². The third-order valence-corrected chi connectivity index (χ3v) is 3.41. The SMILES string of the molecule is COc1cc(Br)cc(NC(C)Cc2cccc(F)c2)c1. The molecule has 2 nitrogen and oxygen atoms in total. The maximum Gasteiger partial charge on any atom is 0.123 e. The summed E-state index contributed by atoms with van der Waals surface area (Å²) in [6.07, 6.45) is 0.757. The van der Waals surface area contributed by atoms with Crippen molar-refractivity contribution in [3.05, 3.63) is 58.3 Å². The largest absolute Gasteiger partial charge is 0.497 e. The average Bonchev–Trinajstić information content (AvgIpc) is 2.37. The predicted molar refractivity (Wildman–Crippen MR) is 83.9 cm³/mol. The van der Waals surface area contributed by atoms with Gasteiger partial charge in [0.1, 0.15) is 11.6 Å². The van der Waals surface area contributed by atoms with E-state index in [2.05, 4.69) is 28.2 Å². The Labute approximate surface area is 127 Å². The Kier molecular flexibility index (Phi) is 5.01. The molecule has 0 amide bonds. The summed E-state index contributed by atoms with van der Waals surface area (Å²) in [6, 6.07) is 12.7. The Hall–Kier alpha value is -1.55. The van der Waals surface area contributed by atoms with Crippen LogP contribution in [0, 0.1) is 5.82 Å². The van der Waals surface area contributed by atoms with E-state index in [4.69, 9.17) is 4.74 Å². The maximum atomic E-state index is 13.2. The van der Waals surface area contributed by atoms with Gasteiger partial charge in [-0.15, -0.1) is 0 Å². The van der Waals surface area contributed by atoms with Crippen LogP contribution in [0.15, 0.2) is 46.9 Å². The molecule has 2 aromatic rings. The molecule has 4 heteroatoms. The molecule has 1 atom stereocenters. The molecule has 0 aliphatic carbocycles. The smallest absolute Gasteiger partial charge is 0.123 e. The van der Waals surface area contributed by atoms with Crippen LogP contribution < -0.4 is 10.1 Å². The minimum Gasteiger partial charge on any atom is -0.497 e. The number of hydrogen-bond acceptors (Lipinski definition) is 2. The van der Waals surface area contributed by atoms with Gasteiger partial charge in [-0.3, -0.25) is 0 Å². The Balaban J connectivity index is 2.04. The number of benzene rings is 2. The second-order valence-corrected chi connectivity index (χ2v) is 5.67. The van der Waals surface area contributed by atoms with Crippen LogP contribution in [0.3, 0.4) is 0 Å². The monoisotopic (exact) mass is 337 g/mol. The predicted octanol–water partition coefficient (Wildman–Crippen LogP) is 4.64. The molecule has 0 fully saturated rings. The fraction of sp³-hybridized carbons (Fsp3) is 0.250. The maximum absolute atomic E-state index is 13.2. The van der Waals surface area contributed by atoms with E-state index in [0.717, 1.165) is 27.9 Å². The normalized spacial score (nSPS) is 12.0. The fourth-order valence-electron chi connectivity index (χ4n) is 2.12. The van der Waals surface area contributed by atoms with Crippen molar-refractivity contribution in [3.63, 3.8) is 0 Å². The highest BCUT2D eigenvalue weighted by Gasteiger charge is 2.06. The first-order valence-corrected chi connectivity index (χ1v) is 7.21. The molecule has 0 aliphatic heterocycles. The van der Waals surface area contributed by atoms with Crippen LogP contribution in [0.1, 0.15) is 12.5 Å². The molecule has 0 aliphatic rings. The van der Waals surface area contributed by atoms with Crippen LogP contribution in [0.2, 0.25) is 0 Å². The lowest BCUT2D eigenvalue weighted by Gasteiger charge is -2.16. The van der Waals surface area contributed by atoms with Gasteiger partial charge in [0, 0.05) is 22.3 Å². The highest BCUT2D eigenvalue weighted by atomic mass is 79.9. The molecule has 0 saturated carbocycles. The molecule has 2 rings (SSSR count). The van der Waals surface area contributed by atoms with Crippen molar-refractivity contribution in [2.24, 2.45) is 0 Å². The molecule has 0 spiro atoms. The first kappa shape index (κ1) is 14.9. The van der Waals surface area contributed by atoms with Crippen molar-refractivity contribution < 1.29 is 9.13 Å². The quantitative estimate of drug-likeness (QED) is 0.858. The standard InChI is InChI=1S/C16H17BrFNO/c1-11(6-12-4-3-5-14(18)7-12)19-15-8-13(17)9-16(10-15)20-2/h3-5,7-11,19H,6H2,1-2H3. The molecule has 0 heterocycles. The van der Waals surface area contributed by atoms with Crippen molar-refractivity contribution in [2.45, 2.75) is 19.4 Å². The second-order valence-electron chi connectivity index (χ2n) is 4.76. The van der Waals surface area contributed by atoms with Gasteiger partial charge in [0.25, 0.3) is 0 Å². The summed E-state index contributed by atoms with van der Waals surface area (Å²) in [4.78, 5) is 0. The van der Waals surface area contributed by atoms with Gasteiger partial charge >= 0.3 is 0 Å². The van der Waals surface area contributed by atoms with Crippen molar-refractivity contribution in [2.75, 3.05) is 12.4 Å². The first-order valence-electron chi connectivity index (χ1n) is 6.42. The Morgan fingerprint density at radius 3 is 2.75 bits per heavy atom. The van der Waals surface area contributed by atoms with Crippen molar-refractivity contribution in [3.8, 4) is 5.75 Å². The van der Waals surface area contributed by atoms with Crippen molar-refractivity contribution >= 4 is 21.6 Å². The number of halogens is 2. The molecule has 2 aromatic carbocycles. The summed E-state index contributed by atoms with van der Waals surface area (Å²) >= 11 is 3.45. The molecule has 106 valence electrons. The zero-order chi connectivity index (χ0) is 14.5. The number of anilines is 1. The zero-order valence-electron chi connectivity index (χ0n) is 11.5. The lowest BCUT2D eigenvalue weighted by Crippen LogP contribution is -2.18. The summed E-state index contributed by atoms with van der Waals surface area (Å²) in [5, 5.41) is 3.39. The Bertz CT molecular complexity index is 588. The molecule has 0 aromatic heterocycles. The fourth-order valence-corrected chi connectivity index (χ4v) is 2.59. The molecular weight excluding hydrogens is 321 g/mol. The number of rotatable bonds is 5. The van der Waals surface area contributed by atoms with Gasteiger partial charge in [-0.25, -0.2) is 4.39 Å². The van der Waals surface area contributed by atoms with Gasteiger partial charge in [-0.1, -0.05) is 28.1 Å². The van der Waals surface area contributed by atoms with Crippen molar-refractivity contribution in [1.82, 2.24) is 0 Å². The summed E-state index contributed by atoms with van der Waals surface area (Å²) in [5.74, 6) is 0.596. The molecule has 0 bridgehead atoms. The molecule has 0 radical (unpaired) electrons. The van der Waals surface area contributed by atoms with Gasteiger partial charge < -0.3 is 10.1 Å². The van der Waals surface area contributed by atoms with E-state index in [0.29, 0.717) is 0 Å². The highest BCUT2D eigenvalue weighted by molar-refractivity contribution is 9.10. The molecular formula is C16H17BrFNO. The van der Waals surface area contributed by atoms with Crippen LogP contribution in [-0.4, -0.2) is 13.2 Å². The Morgan fingerprint density at radius 1 is 1.25 bits per heavy atom. The zero-order valence-corrected chi connectivity index (χ0v) is 13.1. The molecule has 20 heavy (non-hydrogen) atoms. The summed E-state index contributed by atoms with van der Waals surface area (Å²) in [5.41, 5.74) is 1.95. The lowest BCUT2D eigenvalue weighted by molar-refractivity contribution is 0.414. The highest BCUT2D eigenvalue weighted by Crippen LogP contribution is 2.25. The summed E-state index contributed by atoms with van der Waals surface area (Å²) in [6.45, 7) is 2.07. The van der Waals surface area contributed by atoms with E-state index in [1.54, 1.807) is 19.2 Å². The van der Waals surface area contributed by atoms with E-state index in [1.807, 2.05) is 24.3 Å². The topological polar surface area (TPSA) is 21.3 Å². The summed E-state index contributed by atoms with van der Waals surface area (Å²) in [7, 11) is 1.64. The van der Waals surface area contributed by atoms with Crippen LogP contribution in [0.5, 0.6) is 5.75 Å². The van der Waals surface area contributed by atoms with E-state index in [-0.39, 0.29) is 11.9 Å². The molecule has 1 unspecified atom stereocenters. The van der Waals surface area contributed by atoms with Gasteiger partial charge in [0.05, 0.1) is 7.11 Å². The van der Waals surface area contributed by atoms with Gasteiger partial charge in [0.15, 0.2) is 0 Å². The van der Waals surface area contributed by atoms with E-state index < -0.39 is 0 Å². The van der Waals surface area contributed by atoms with E-state index in [1.165, 1.54) is 6.07 Å². The number of ether oxygens (including phenoxy) is 1. The molecule has 1 N–H and O–H groups in total. The van der Waals surface area contributed by atoms with Crippen LogP contribution in [0.25, 0.3) is 0 Å². The Morgan fingerprint density at radius 2 is 2.05 bits per heavy atom. The van der Waals surface area contributed by atoms with Gasteiger partial charge in [-0.2, -0.15) is 0 Å². The number of methoxy groups -OCH3 is 1. The minimum atomic E-state index is -0.196. The second kappa shape index (κ2) is 6.75. The minimum absolute atomic E-state index is 0.191. The average molecular weight is 338 g/mol. The van der Waals surface area contributed by atoms with Gasteiger partial charge in [-0.05, 0) is 43.2 Å². The first-order chi connectivity index (χ1) is 9.56. The van der Waals surface area contributed by atoms with Crippen LogP contribution in [-0.2, 0) is 6.42 Å².